The lowest BCUT2D eigenvalue weighted by Gasteiger charge is -2.28. The molecule has 0 bridgehead atoms. The third kappa shape index (κ3) is 2.99. The molecule has 0 aliphatic carbocycles. The molecular weight excluding hydrogens is 322 g/mol. The Morgan fingerprint density at radius 2 is 2.00 bits per heavy atom. The van der Waals surface area contributed by atoms with Gasteiger partial charge in [-0.05, 0) is 24.3 Å². The van der Waals surface area contributed by atoms with Crippen molar-refractivity contribution in [1.29, 1.82) is 5.26 Å². The lowest BCUT2D eigenvalue weighted by Crippen LogP contribution is -2.47. The molecule has 1 fully saturated rings. The van der Waals surface area contributed by atoms with Crippen molar-refractivity contribution in [3.63, 3.8) is 0 Å². The van der Waals surface area contributed by atoms with E-state index in [0.717, 1.165) is 12.2 Å². The molecule has 0 spiro atoms. The van der Waals surface area contributed by atoms with Crippen LogP contribution in [0, 0.1) is 11.3 Å². The molecule has 3 N–H and O–H groups in total. The van der Waals surface area contributed by atoms with Gasteiger partial charge in [-0.3, -0.25) is 4.79 Å². The maximum Gasteiger partial charge on any atom is 0.357 e. The number of nitrogens with zero attached hydrogens (tertiary/aromatic N) is 3. The van der Waals surface area contributed by atoms with Gasteiger partial charge >= 0.3 is 5.97 Å². The number of amides is 1. The Hall–Kier alpha value is -3.47. The molecule has 2 heterocycles. The summed E-state index contributed by atoms with van der Waals surface area (Å²) in [6.45, 7) is 1.64. The Labute approximate surface area is 144 Å². The fourth-order valence-electron chi connectivity index (χ4n) is 2.80. The van der Waals surface area contributed by atoms with Crippen LogP contribution >= 0.6 is 0 Å². The number of piperazine rings is 1. The van der Waals surface area contributed by atoms with E-state index in [1.165, 1.54) is 17.9 Å². The molecule has 0 atom stereocenters. The van der Waals surface area contributed by atoms with Gasteiger partial charge in [0.25, 0.3) is 0 Å². The van der Waals surface area contributed by atoms with E-state index in [1.54, 1.807) is 12.1 Å². The summed E-state index contributed by atoms with van der Waals surface area (Å²) in [5.74, 6) is -0.629. The summed E-state index contributed by atoms with van der Waals surface area (Å²) in [5, 5.41) is 11.9. The van der Waals surface area contributed by atoms with E-state index in [-0.39, 0.29) is 22.9 Å². The molecule has 1 amide bonds. The summed E-state index contributed by atoms with van der Waals surface area (Å²) in [6.07, 6.45) is 1.50. The van der Waals surface area contributed by atoms with Crippen molar-refractivity contribution in [3.8, 4) is 11.8 Å². The van der Waals surface area contributed by atoms with E-state index >= 15 is 0 Å². The molecule has 0 saturated carbocycles. The second kappa shape index (κ2) is 6.57. The lowest BCUT2D eigenvalue weighted by molar-refractivity contribution is -0.120. The summed E-state index contributed by atoms with van der Waals surface area (Å²) >= 11 is 0. The predicted octanol–water partition coefficient (Wildman–Crippen LogP) is 0.654. The number of carbonyl (C=O) groups is 2. The Bertz CT molecular complexity index is 864. The van der Waals surface area contributed by atoms with Crippen LogP contribution in [0.4, 0.5) is 11.4 Å². The first kappa shape index (κ1) is 16.4. The fraction of sp³-hybridized carbons (Fsp3) is 0.235. The highest BCUT2D eigenvalue weighted by atomic mass is 16.5. The second-order valence-electron chi connectivity index (χ2n) is 5.57. The molecule has 1 saturated heterocycles. The average Bonchev–Trinajstić information content (AvgIpc) is 2.97. The number of benzene rings is 1. The molecule has 128 valence electrons. The van der Waals surface area contributed by atoms with E-state index < -0.39 is 5.97 Å². The number of nitrogens with one attached hydrogen (secondary N) is 1. The van der Waals surface area contributed by atoms with Gasteiger partial charge in [-0.2, -0.15) is 5.26 Å². The van der Waals surface area contributed by atoms with Crippen LogP contribution < -0.4 is 16.0 Å². The van der Waals surface area contributed by atoms with Crippen molar-refractivity contribution in [2.45, 2.75) is 0 Å². The molecule has 3 rings (SSSR count). The van der Waals surface area contributed by atoms with Gasteiger partial charge in [-0.15, -0.1) is 0 Å². The van der Waals surface area contributed by atoms with Crippen LogP contribution in [0.1, 0.15) is 16.1 Å². The number of aromatic nitrogens is 1. The molecule has 2 aromatic rings. The molecule has 1 aliphatic rings. The standard InChI is InChI=1S/C17H17N5O3/c1-25-17(24)16-15(19)11(8-18)9-22(16)13-4-2-12(3-5-13)21-7-6-20-14(23)10-21/h2-5,9H,6-7,10,19H2,1H3,(H,20,23). The van der Waals surface area contributed by atoms with Gasteiger partial charge in [-0.1, -0.05) is 0 Å². The molecule has 8 nitrogen and oxygen atoms in total. The minimum Gasteiger partial charge on any atom is -0.464 e. The van der Waals surface area contributed by atoms with E-state index in [1.807, 2.05) is 23.1 Å². The summed E-state index contributed by atoms with van der Waals surface area (Å²) in [7, 11) is 1.26. The number of hydrogen-bond acceptors (Lipinski definition) is 6. The van der Waals surface area contributed by atoms with Crippen molar-refractivity contribution in [1.82, 2.24) is 9.88 Å². The van der Waals surface area contributed by atoms with Gasteiger partial charge < -0.3 is 25.3 Å². The minimum absolute atomic E-state index is 0.0138. The van der Waals surface area contributed by atoms with Crippen molar-refractivity contribution >= 4 is 23.3 Å². The summed E-state index contributed by atoms with van der Waals surface area (Å²) < 4.78 is 6.30. The van der Waals surface area contributed by atoms with Crippen LogP contribution in [-0.4, -0.2) is 43.2 Å². The number of ether oxygens (including phenoxy) is 1. The van der Waals surface area contributed by atoms with Crippen LogP contribution in [0.2, 0.25) is 0 Å². The first-order valence-corrected chi connectivity index (χ1v) is 7.66. The molecule has 1 aliphatic heterocycles. The van der Waals surface area contributed by atoms with Crippen LogP contribution in [0.3, 0.4) is 0 Å². The predicted molar refractivity (Wildman–Crippen MR) is 91.5 cm³/mol. The van der Waals surface area contributed by atoms with Crippen molar-refractivity contribution in [3.05, 3.63) is 41.7 Å². The van der Waals surface area contributed by atoms with Gasteiger partial charge in [0, 0.05) is 30.7 Å². The highest BCUT2D eigenvalue weighted by Crippen LogP contribution is 2.26. The average molecular weight is 339 g/mol. The van der Waals surface area contributed by atoms with Gasteiger partial charge in [0.2, 0.25) is 5.91 Å². The molecule has 0 unspecified atom stereocenters. The number of nitrogens with two attached hydrogens (primary N) is 1. The first-order valence-electron chi connectivity index (χ1n) is 7.66. The van der Waals surface area contributed by atoms with Gasteiger partial charge in [0.05, 0.1) is 24.9 Å². The van der Waals surface area contributed by atoms with Crippen molar-refractivity contribution in [2.24, 2.45) is 0 Å². The number of nitrogen functional groups attached to an aromatic ring is 1. The monoisotopic (exact) mass is 339 g/mol. The summed E-state index contributed by atoms with van der Waals surface area (Å²) in [6, 6.07) is 9.28. The lowest BCUT2D eigenvalue weighted by atomic mass is 10.2. The Morgan fingerprint density at radius 1 is 1.32 bits per heavy atom. The Balaban J connectivity index is 1.96. The van der Waals surface area contributed by atoms with Crippen LogP contribution in [0.5, 0.6) is 0 Å². The minimum atomic E-state index is -0.615. The normalized spacial score (nSPS) is 13.9. The number of hydrogen-bond donors (Lipinski definition) is 2. The van der Waals surface area contributed by atoms with Crippen molar-refractivity contribution < 1.29 is 14.3 Å². The fourth-order valence-corrected chi connectivity index (χ4v) is 2.80. The molecular formula is C17H17N5O3. The first-order chi connectivity index (χ1) is 12.0. The zero-order valence-corrected chi connectivity index (χ0v) is 13.7. The number of anilines is 2. The maximum atomic E-state index is 12.0. The molecule has 0 radical (unpaired) electrons. The highest BCUT2D eigenvalue weighted by Gasteiger charge is 2.22. The van der Waals surface area contributed by atoms with Crippen LogP contribution in [-0.2, 0) is 9.53 Å². The van der Waals surface area contributed by atoms with Gasteiger partial charge in [-0.25, -0.2) is 4.79 Å². The Morgan fingerprint density at radius 3 is 2.60 bits per heavy atom. The molecule has 25 heavy (non-hydrogen) atoms. The molecule has 1 aromatic carbocycles. The zero-order chi connectivity index (χ0) is 18.0. The third-order valence-corrected chi connectivity index (χ3v) is 4.07. The summed E-state index contributed by atoms with van der Waals surface area (Å²) in [4.78, 5) is 25.5. The maximum absolute atomic E-state index is 12.0. The summed E-state index contributed by atoms with van der Waals surface area (Å²) in [5.41, 5.74) is 7.87. The number of rotatable bonds is 3. The van der Waals surface area contributed by atoms with E-state index in [4.69, 9.17) is 15.7 Å². The van der Waals surface area contributed by atoms with E-state index in [2.05, 4.69) is 5.32 Å². The highest BCUT2D eigenvalue weighted by molar-refractivity contribution is 5.96. The number of esters is 1. The molecule has 8 heteroatoms. The van der Waals surface area contributed by atoms with Crippen LogP contribution in [0.15, 0.2) is 30.5 Å². The second-order valence-corrected chi connectivity index (χ2v) is 5.57. The zero-order valence-electron chi connectivity index (χ0n) is 13.7. The topological polar surface area (TPSA) is 113 Å². The number of methoxy groups -OCH3 is 1. The largest absolute Gasteiger partial charge is 0.464 e. The SMILES string of the molecule is COC(=O)c1c(N)c(C#N)cn1-c1ccc(N2CCNC(=O)C2)cc1. The van der Waals surface area contributed by atoms with E-state index in [9.17, 15) is 9.59 Å². The smallest absolute Gasteiger partial charge is 0.357 e. The third-order valence-electron chi connectivity index (χ3n) is 4.07. The Kier molecular flexibility index (Phi) is 4.31. The van der Waals surface area contributed by atoms with Gasteiger partial charge in [0.15, 0.2) is 5.69 Å². The van der Waals surface area contributed by atoms with E-state index in [0.29, 0.717) is 18.8 Å². The van der Waals surface area contributed by atoms with Crippen molar-refractivity contribution in [2.75, 3.05) is 37.4 Å². The van der Waals surface area contributed by atoms with Crippen LogP contribution in [0.25, 0.3) is 5.69 Å². The number of nitriles is 1. The number of carbonyl (C=O) groups excluding carboxylic acids is 2. The molecule has 1 aromatic heterocycles. The van der Waals surface area contributed by atoms with Gasteiger partial charge in [0.1, 0.15) is 6.07 Å². The quantitative estimate of drug-likeness (QED) is 0.794.